The third kappa shape index (κ3) is 2.60. The molecular formula is C13H14N3O+. The van der Waals surface area contributed by atoms with Gasteiger partial charge < -0.3 is 11.1 Å². The largest absolute Gasteiger partial charge is 0.399 e. The summed E-state index contributed by atoms with van der Waals surface area (Å²) >= 11 is 0. The molecule has 0 unspecified atom stereocenters. The number of aromatic nitrogens is 1. The van der Waals surface area contributed by atoms with E-state index in [0.29, 0.717) is 11.4 Å². The number of carbonyl (C=O) groups excluding carboxylic acids is 1. The summed E-state index contributed by atoms with van der Waals surface area (Å²) in [6, 6.07) is 12.5. The van der Waals surface area contributed by atoms with Crippen molar-refractivity contribution in [3.63, 3.8) is 0 Å². The number of nitrogens with zero attached hydrogens (tertiary/aromatic N) is 1. The molecule has 0 saturated carbocycles. The van der Waals surface area contributed by atoms with Gasteiger partial charge in [0.05, 0.1) is 0 Å². The molecule has 1 aromatic heterocycles. The SMILES string of the molecule is C[n+]1ccccc1C(=O)Nc1ccc(N)cc1. The van der Waals surface area contributed by atoms with Gasteiger partial charge in [-0.25, -0.2) is 0 Å². The summed E-state index contributed by atoms with van der Waals surface area (Å²) in [6.07, 6.45) is 1.83. The number of benzene rings is 1. The fourth-order valence-electron chi connectivity index (χ4n) is 1.52. The Labute approximate surface area is 99.7 Å². The fraction of sp³-hybridized carbons (Fsp3) is 0.0769. The highest BCUT2D eigenvalue weighted by Gasteiger charge is 2.15. The molecule has 3 N–H and O–H groups in total. The summed E-state index contributed by atoms with van der Waals surface area (Å²) in [5.74, 6) is -0.141. The van der Waals surface area contributed by atoms with E-state index in [2.05, 4.69) is 5.32 Å². The van der Waals surface area contributed by atoms with Crippen molar-refractivity contribution in [3.05, 3.63) is 54.4 Å². The number of amides is 1. The second kappa shape index (κ2) is 4.65. The van der Waals surface area contributed by atoms with Gasteiger partial charge in [0.1, 0.15) is 7.05 Å². The Morgan fingerprint density at radius 1 is 1.18 bits per heavy atom. The van der Waals surface area contributed by atoms with Gasteiger partial charge in [0.2, 0.25) is 0 Å². The molecule has 4 heteroatoms. The number of nitrogens with two attached hydrogens (primary N) is 1. The minimum absolute atomic E-state index is 0.141. The number of pyridine rings is 1. The summed E-state index contributed by atoms with van der Waals surface area (Å²) in [5, 5.41) is 2.81. The second-order valence-electron chi connectivity index (χ2n) is 3.77. The van der Waals surface area contributed by atoms with Gasteiger partial charge in [-0.1, -0.05) is 0 Å². The highest BCUT2D eigenvalue weighted by atomic mass is 16.1. The molecule has 1 aromatic carbocycles. The van der Waals surface area contributed by atoms with Crippen molar-refractivity contribution in [1.82, 2.24) is 0 Å². The van der Waals surface area contributed by atoms with E-state index in [0.717, 1.165) is 5.69 Å². The van der Waals surface area contributed by atoms with Crippen molar-refractivity contribution in [1.29, 1.82) is 0 Å². The van der Waals surface area contributed by atoms with Gasteiger partial charge in [-0.2, -0.15) is 4.57 Å². The van der Waals surface area contributed by atoms with Crippen LogP contribution in [0.3, 0.4) is 0 Å². The average molecular weight is 228 g/mol. The standard InChI is InChI=1S/C13H13N3O/c1-16-9-3-2-4-12(16)13(17)15-11-7-5-10(14)6-8-11/h2-9,14,17H,1H3/p+1. The summed E-state index contributed by atoms with van der Waals surface area (Å²) in [6.45, 7) is 0. The molecule has 0 aliphatic rings. The summed E-state index contributed by atoms with van der Waals surface area (Å²) < 4.78 is 1.77. The van der Waals surface area contributed by atoms with E-state index < -0.39 is 0 Å². The Hall–Kier alpha value is -2.36. The second-order valence-corrected chi connectivity index (χ2v) is 3.77. The van der Waals surface area contributed by atoms with Gasteiger partial charge in [-0.05, 0) is 30.3 Å². The van der Waals surface area contributed by atoms with Crippen molar-refractivity contribution in [2.75, 3.05) is 11.1 Å². The van der Waals surface area contributed by atoms with Crippen molar-refractivity contribution in [3.8, 4) is 0 Å². The zero-order valence-electron chi connectivity index (χ0n) is 9.55. The Balaban J connectivity index is 2.17. The van der Waals surface area contributed by atoms with Crippen LogP contribution in [0.25, 0.3) is 0 Å². The van der Waals surface area contributed by atoms with Crippen LogP contribution in [0.2, 0.25) is 0 Å². The van der Waals surface area contributed by atoms with Crippen LogP contribution in [0.15, 0.2) is 48.7 Å². The number of hydrogen-bond donors (Lipinski definition) is 2. The van der Waals surface area contributed by atoms with E-state index in [9.17, 15) is 4.79 Å². The van der Waals surface area contributed by atoms with Crippen molar-refractivity contribution in [2.45, 2.75) is 0 Å². The molecule has 0 saturated heterocycles. The molecule has 0 spiro atoms. The van der Waals surface area contributed by atoms with Crippen LogP contribution in [0, 0.1) is 0 Å². The number of anilines is 2. The molecule has 4 nitrogen and oxygen atoms in total. The molecule has 2 rings (SSSR count). The summed E-state index contributed by atoms with van der Waals surface area (Å²) in [5.41, 5.74) is 7.58. The van der Waals surface area contributed by atoms with Gasteiger partial charge in [-0.15, -0.1) is 0 Å². The number of nitrogen functional groups attached to an aromatic ring is 1. The third-order valence-corrected chi connectivity index (χ3v) is 2.46. The molecule has 0 radical (unpaired) electrons. The lowest BCUT2D eigenvalue weighted by Crippen LogP contribution is -2.37. The minimum atomic E-state index is -0.141. The zero-order chi connectivity index (χ0) is 12.3. The van der Waals surface area contributed by atoms with Crippen LogP contribution >= 0.6 is 0 Å². The molecule has 0 bridgehead atoms. The first-order chi connectivity index (χ1) is 8.16. The monoisotopic (exact) mass is 228 g/mol. The lowest BCUT2D eigenvalue weighted by Gasteiger charge is -2.03. The first-order valence-electron chi connectivity index (χ1n) is 5.28. The van der Waals surface area contributed by atoms with Crippen molar-refractivity contribution in [2.24, 2.45) is 7.05 Å². The molecule has 1 amide bonds. The van der Waals surface area contributed by atoms with Crippen molar-refractivity contribution < 1.29 is 9.36 Å². The average Bonchev–Trinajstić information content (AvgIpc) is 2.32. The maximum Gasteiger partial charge on any atom is 0.320 e. The topological polar surface area (TPSA) is 59.0 Å². The Kier molecular flexibility index (Phi) is 3.05. The minimum Gasteiger partial charge on any atom is -0.399 e. The molecule has 0 aliphatic carbocycles. The van der Waals surface area contributed by atoms with Crippen LogP contribution < -0.4 is 15.6 Å². The zero-order valence-corrected chi connectivity index (χ0v) is 9.55. The molecule has 1 heterocycles. The first kappa shape index (κ1) is 11.1. The molecular weight excluding hydrogens is 214 g/mol. The highest BCUT2D eigenvalue weighted by Crippen LogP contribution is 2.11. The van der Waals surface area contributed by atoms with Crippen LogP contribution in [-0.2, 0) is 7.05 Å². The van der Waals surface area contributed by atoms with E-state index in [1.807, 2.05) is 25.4 Å². The maximum absolute atomic E-state index is 12.0. The Bertz CT molecular complexity index is 535. The lowest BCUT2D eigenvalue weighted by molar-refractivity contribution is -0.673. The van der Waals surface area contributed by atoms with Crippen molar-refractivity contribution >= 4 is 17.3 Å². The number of rotatable bonds is 2. The van der Waals surface area contributed by atoms with Crippen LogP contribution in [-0.4, -0.2) is 5.91 Å². The van der Waals surface area contributed by atoms with Gasteiger partial charge in [0.15, 0.2) is 6.20 Å². The first-order valence-corrected chi connectivity index (χ1v) is 5.28. The fourth-order valence-corrected chi connectivity index (χ4v) is 1.52. The molecule has 0 atom stereocenters. The van der Waals surface area contributed by atoms with E-state index >= 15 is 0 Å². The van der Waals surface area contributed by atoms with Gasteiger partial charge in [0.25, 0.3) is 5.69 Å². The number of carbonyl (C=O) groups is 1. The number of aryl methyl sites for hydroxylation is 1. The third-order valence-electron chi connectivity index (χ3n) is 2.46. The normalized spacial score (nSPS) is 9.94. The summed E-state index contributed by atoms with van der Waals surface area (Å²) in [7, 11) is 1.83. The molecule has 0 fully saturated rings. The number of nitrogens with one attached hydrogen (secondary N) is 1. The maximum atomic E-state index is 12.0. The highest BCUT2D eigenvalue weighted by molar-refractivity contribution is 6.01. The predicted octanol–water partition coefficient (Wildman–Crippen LogP) is 1.35. The smallest absolute Gasteiger partial charge is 0.320 e. The molecule has 17 heavy (non-hydrogen) atoms. The van der Waals surface area contributed by atoms with E-state index in [1.54, 1.807) is 34.9 Å². The quantitative estimate of drug-likeness (QED) is 0.602. The Morgan fingerprint density at radius 3 is 2.53 bits per heavy atom. The van der Waals surface area contributed by atoms with Crippen LogP contribution in [0.1, 0.15) is 10.5 Å². The lowest BCUT2D eigenvalue weighted by atomic mass is 10.2. The summed E-state index contributed by atoms with van der Waals surface area (Å²) in [4.78, 5) is 12.0. The van der Waals surface area contributed by atoms with Gasteiger partial charge >= 0.3 is 5.91 Å². The van der Waals surface area contributed by atoms with Gasteiger partial charge in [-0.3, -0.25) is 4.79 Å². The number of hydrogen-bond acceptors (Lipinski definition) is 2. The van der Waals surface area contributed by atoms with Gasteiger partial charge in [0, 0.05) is 23.5 Å². The Morgan fingerprint density at radius 2 is 1.88 bits per heavy atom. The van der Waals surface area contributed by atoms with E-state index in [1.165, 1.54) is 0 Å². The molecule has 86 valence electrons. The predicted molar refractivity (Wildman–Crippen MR) is 66.4 cm³/mol. The van der Waals surface area contributed by atoms with Crippen LogP contribution in [0.4, 0.5) is 11.4 Å². The van der Waals surface area contributed by atoms with E-state index in [-0.39, 0.29) is 5.91 Å². The molecule has 0 aliphatic heterocycles. The molecule has 2 aromatic rings. The van der Waals surface area contributed by atoms with Crippen LogP contribution in [0.5, 0.6) is 0 Å². The van der Waals surface area contributed by atoms with E-state index in [4.69, 9.17) is 5.73 Å².